The fraction of sp³-hybridized carbons (Fsp3) is 0.417. The van der Waals surface area contributed by atoms with Crippen molar-refractivity contribution >= 4 is 23.2 Å². The lowest BCUT2D eigenvalue weighted by atomic mass is 10.3. The summed E-state index contributed by atoms with van der Waals surface area (Å²) in [6, 6.07) is -0.389. The number of hydrogen-bond acceptors (Lipinski definition) is 5. The summed E-state index contributed by atoms with van der Waals surface area (Å²) in [6.45, 7) is 4.38. The number of imidazole rings is 1. The molecule has 7 nitrogen and oxygen atoms in total. The molecule has 2 aromatic heterocycles. The fourth-order valence-corrected chi connectivity index (χ4v) is 1.80. The second kappa shape index (κ2) is 5.13. The summed E-state index contributed by atoms with van der Waals surface area (Å²) in [6.07, 6.45) is 5.12. The highest BCUT2D eigenvalue weighted by Gasteiger charge is 2.18. The highest BCUT2D eigenvalue weighted by atomic mass is 16.2. The average Bonchev–Trinajstić information content (AvgIpc) is 2.84. The van der Waals surface area contributed by atoms with Crippen LogP contribution < -0.4 is 11.1 Å². The Morgan fingerprint density at radius 1 is 1.63 bits per heavy atom. The smallest absolute Gasteiger partial charge is 0.244 e. The Kier molecular flexibility index (Phi) is 3.55. The number of nitrogens with two attached hydrogens (primary N) is 1. The third-order valence-corrected chi connectivity index (χ3v) is 2.97. The molecule has 0 aliphatic rings. The van der Waals surface area contributed by atoms with Crippen LogP contribution in [0.3, 0.4) is 0 Å². The summed E-state index contributed by atoms with van der Waals surface area (Å²) < 4.78 is 1.77. The molecule has 19 heavy (non-hydrogen) atoms. The summed E-state index contributed by atoms with van der Waals surface area (Å²) in [7, 11) is 1.76. The first-order valence-corrected chi connectivity index (χ1v) is 6.13. The number of carbonyl (C=O) groups excluding carboxylic acids is 1. The van der Waals surface area contributed by atoms with Crippen molar-refractivity contribution in [3.05, 3.63) is 18.6 Å². The molecule has 3 N–H and O–H groups in total. The normalized spacial score (nSPS) is 12.4. The number of fused-ring (bicyclic) bond motifs is 1. The molecular formula is C12H18N6O. The highest BCUT2D eigenvalue weighted by molar-refractivity contribution is 5.85. The van der Waals surface area contributed by atoms with Gasteiger partial charge in [0.15, 0.2) is 11.5 Å². The molecule has 7 heteroatoms. The summed E-state index contributed by atoms with van der Waals surface area (Å²) in [4.78, 5) is 22.0. The van der Waals surface area contributed by atoms with Crippen molar-refractivity contribution in [2.75, 3.05) is 24.6 Å². The highest BCUT2D eigenvalue weighted by Crippen LogP contribution is 2.15. The maximum absolute atomic E-state index is 12.0. The quantitative estimate of drug-likeness (QED) is 0.842. The van der Waals surface area contributed by atoms with E-state index >= 15 is 0 Å². The SMILES string of the molecule is CCN(C)C(=O)C(C)Nc1nc(N)cn2ccnc12. The molecule has 1 unspecified atom stereocenters. The van der Waals surface area contributed by atoms with Gasteiger partial charge in [-0.25, -0.2) is 9.97 Å². The van der Waals surface area contributed by atoms with Gasteiger partial charge in [0, 0.05) is 26.0 Å². The zero-order valence-electron chi connectivity index (χ0n) is 11.3. The van der Waals surface area contributed by atoms with Gasteiger partial charge in [0.25, 0.3) is 0 Å². The Morgan fingerprint density at radius 3 is 3.05 bits per heavy atom. The topological polar surface area (TPSA) is 88.5 Å². The minimum Gasteiger partial charge on any atom is -0.382 e. The number of hydrogen-bond donors (Lipinski definition) is 2. The van der Waals surface area contributed by atoms with Crippen LogP contribution in [-0.4, -0.2) is 44.8 Å². The Hall–Kier alpha value is -2.31. The predicted octanol–water partition coefficient (Wildman–Crippen LogP) is 0.590. The molecule has 0 aromatic carbocycles. The van der Waals surface area contributed by atoms with E-state index in [-0.39, 0.29) is 11.9 Å². The maximum Gasteiger partial charge on any atom is 0.244 e. The van der Waals surface area contributed by atoms with Gasteiger partial charge in [-0.05, 0) is 13.8 Å². The molecule has 0 saturated carbocycles. The van der Waals surface area contributed by atoms with Gasteiger partial charge in [0.05, 0.1) is 6.20 Å². The van der Waals surface area contributed by atoms with E-state index in [0.717, 1.165) is 0 Å². The first-order chi connectivity index (χ1) is 9.02. The van der Waals surface area contributed by atoms with Crippen LogP contribution in [0.2, 0.25) is 0 Å². The molecule has 0 bridgehead atoms. The van der Waals surface area contributed by atoms with E-state index in [4.69, 9.17) is 5.73 Å². The number of aromatic nitrogens is 3. The van der Waals surface area contributed by atoms with E-state index in [9.17, 15) is 4.79 Å². The van der Waals surface area contributed by atoms with Crippen molar-refractivity contribution in [2.24, 2.45) is 0 Å². The fourth-order valence-electron chi connectivity index (χ4n) is 1.80. The number of rotatable bonds is 4. The van der Waals surface area contributed by atoms with Crippen molar-refractivity contribution in [3.63, 3.8) is 0 Å². The first kappa shape index (κ1) is 13.1. The minimum absolute atomic E-state index is 0.00330. The van der Waals surface area contributed by atoms with E-state index < -0.39 is 0 Å². The first-order valence-electron chi connectivity index (χ1n) is 6.13. The molecule has 2 rings (SSSR count). The number of likely N-dealkylation sites (N-methyl/N-ethyl adjacent to an activating group) is 1. The zero-order chi connectivity index (χ0) is 14.0. The lowest BCUT2D eigenvalue weighted by Gasteiger charge is -2.21. The predicted molar refractivity (Wildman–Crippen MR) is 73.8 cm³/mol. The molecule has 1 amide bonds. The van der Waals surface area contributed by atoms with E-state index in [2.05, 4.69) is 15.3 Å². The summed E-state index contributed by atoms with van der Waals surface area (Å²) >= 11 is 0. The van der Waals surface area contributed by atoms with Crippen LogP contribution in [0.1, 0.15) is 13.8 Å². The van der Waals surface area contributed by atoms with Crippen molar-refractivity contribution in [1.82, 2.24) is 19.3 Å². The van der Waals surface area contributed by atoms with Crippen molar-refractivity contribution in [2.45, 2.75) is 19.9 Å². The Labute approximate surface area is 111 Å². The zero-order valence-corrected chi connectivity index (χ0v) is 11.3. The molecule has 2 heterocycles. The van der Waals surface area contributed by atoms with Crippen LogP contribution in [0, 0.1) is 0 Å². The summed E-state index contributed by atoms with van der Waals surface area (Å²) in [5.74, 6) is 0.878. The number of nitrogens with one attached hydrogen (secondary N) is 1. The Bertz CT molecular complexity index is 593. The number of nitrogens with zero attached hydrogens (tertiary/aromatic N) is 4. The van der Waals surface area contributed by atoms with Gasteiger partial charge in [-0.1, -0.05) is 0 Å². The number of amides is 1. The van der Waals surface area contributed by atoms with Crippen molar-refractivity contribution in [3.8, 4) is 0 Å². The largest absolute Gasteiger partial charge is 0.382 e. The van der Waals surface area contributed by atoms with Gasteiger partial charge in [-0.3, -0.25) is 4.79 Å². The minimum atomic E-state index is -0.389. The molecule has 102 valence electrons. The second-order valence-corrected chi connectivity index (χ2v) is 4.39. The molecule has 0 spiro atoms. The molecule has 0 radical (unpaired) electrons. The van der Waals surface area contributed by atoms with Gasteiger partial charge < -0.3 is 20.4 Å². The molecule has 0 saturated heterocycles. The van der Waals surface area contributed by atoms with Crippen LogP contribution in [0.25, 0.3) is 5.65 Å². The van der Waals surface area contributed by atoms with Gasteiger partial charge in [0.1, 0.15) is 11.9 Å². The van der Waals surface area contributed by atoms with Gasteiger partial charge in [-0.15, -0.1) is 0 Å². The van der Waals surface area contributed by atoms with Crippen LogP contribution in [-0.2, 0) is 4.79 Å². The van der Waals surface area contributed by atoms with Crippen LogP contribution >= 0.6 is 0 Å². The molecule has 0 fully saturated rings. The second-order valence-electron chi connectivity index (χ2n) is 4.39. The van der Waals surface area contributed by atoms with Crippen molar-refractivity contribution in [1.29, 1.82) is 0 Å². The molecule has 2 aromatic rings. The lowest BCUT2D eigenvalue weighted by molar-refractivity contribution is -0.130. The van der Waals surface area contributed by atoms with E-state index in [1.807, 2.05) is 6.92 Å². The van der Waals surface area contributed by atoms with Gasteiger partial charge >= 0.3 is 0 Å². The van der Waals surface area contributed by atoms with E-state index in [1.54, 1.807) is 41.9 Å². The molecule has 0 aliphatic heterocycles. The standard InChI is InChI=1S/C12H18N6O/c1-4-17(3)12(19)8(2)15-10-11-14-5-6-18(11)7-9(13)16-10/h5-8H,4,13H2,1-3H3,(H,15,16). The third kappa shape index (κ3) is 2.59. The lowest BCUT2D eigenvalue weighted by Crippen LogP contribution is -2.39. The summed E-state index contributed by atoms with van der Waals surface area (Å²) in [5, 5.41) is 3.06. The maximum atomic E-state index is 12.0. The monoisotopic (exact) mass is 262 g/mol. The number of anilines is 2. The Balaban J connectivity index is 2.26. The van der Waals surface area contributed by atoms with E-state index in [0.29, 0.717) is 23.8 Å². The molecule has 0 aliphatic carbocycles. The van der Waals surface area contributed by atoms with Crippen LogP contribution in [0.5, 0.6) is 0 Å². The van der Waals surface area contributed by atoms with Crippen LogP contribution in [0.15, 0.2) is 18.6 Å². The van der Waals surface area contributed by atoms with Crippen molar-refractivity contribution < 1.29 is 4.79 Å². The molecular weight excluding hydrogens is 244 g/mol. The van der Waals surface area contributed by atoms with Crippen LogP contribution in [0.4, 0.5) is 11.6 Å². The van der Waals surface area contributed by atoms with Gasteiger partial charge in [-0.2, -0.15) is 0 Å². The Morgan fingerprint density at radius 2 is 2.37 bits per heavy atom. The molecule has 1 atom stereocenters. The van der Waals surface area contributed by atoms with E-state index in [1.165, 1.54) is 0 Å². The number of carbonyl (C=O) groups is 1. The summed E-state index contributed by atoms with van der Waals surface area (Å²) in [5.41, 5.74) is 6.37. The van der Waals surface area contributed by atoms with Gasteiger partial charge in [0.2, 0.25) is 5.91 Å². The average molecular weight is 262 g/mol. The number of nitrogen functional groups attached to an aromatic ring is 1. The third-order valence-electron chi connectivity index (χ3n) is 2.97.